The number of anilines is 1. The molecule has 0 spiro atoms. The molecule has 0 radical (unpaired) electrons. The lowest BCUT2D eigenvalue weighted by Crippen LogP contribution is -2.53. The zero-order chi connectivity index (χ0) is 16.0. The first-order valence-electron chi connectivity index (χ1n) is 7.63. The minimum atomic E-state index is -0.806. The van der Waals surface area contributed by atoms with Gasteiger partial charge in [-0.3, -0.25) is 9.59 Å². The van der Waals surface area contributed by atoms with Crippen molar-refractivity contribution < 1.29 is 14.3 Å². The molecule has 0 bridgehead atoms. The SMILES string of the molecule is CCOc1ccc(NC(=O)CNC(=O)C2(N)CCCC2)cc1.Cl. The minimum Gasteiger partial charge on any atom is -0.494 e. The van der Waals surface area contributed by atoms with Gasteiger partial charge in [-0.15, -0.1) is 12.4 Å². The van der Waals surface area contributed by atoms with Crippen LogP contribution in [0.4, 0.5) is 5.69 Å². The fourth-order valence-corrected chi connectivity index (χ4v) is 2.58. The number of hydrogen-bond donors (Lipinski definition) is 3. The van der Waals surface area contributed by atoms with E-state index in [1.165, 1.54) is 0 Å². The third-order valence-corrected chi connectivity index (χ3v) is 3.81. The average molecular weight is 342 g/mol. The topological polar surface area (TPSA) is 93.5 Å². The average Bonchev–Trinajstić information content (AvgIpc) is 2.95. The second-order valence-corrected chi connectivity index (χ2v) is 5.55. The van der Waals surface area contributed by atoms with Gasteiger partial charge >= 0.3 is 0 Å². The lowest BCUT2D eigenvalue weighted by Gasteiger charge is -2.21. The van der Waals surface area contributed by atoms with Crippen LogP contribution in [0.2, 0.25) is 0 Å². The van der Waals surface area contributed by atoms with Crippen molar-refractivity contribution in [3.8, 4) is 5.75 Å². The summed E-state index contributed by atoms with van der Waals surface area (Å²) in [6, 6.07) is 7.08. The van der Waals surface area contributed by atoms with Crippen molar-refractivity contribution in [3.05, 3.63) is 24.3 Å². The van der Waals surface area contributed by atoms with Crippen LogP contribution < -0.4 is 21.1 Å². The molecule has 1 saturated carbocycles. The maximum atomic E-state index is 12.0. The molecular weight excluding hydrogens is 318 g/mol. The Labute approximate surface area is 142 Å². The molecule has 1 aliphatic rings. The summed E-state index contributed by atoms with van der Waals surface area (Å²) in [5, 5.41) is 5.34. The maximum Gasteiger partial charge on any atom is 0.243 e. The summed E-state index contributed by atoms with van der Waals surface area (Å²) in [5.41, 5.74) is 5.88. The van der Waals surface area contributed by atoms with Gasteiger partial charge in [-0.1, -0.05) is 12.8 Å². The van der Waals surface area contributed by atoms with Gasteiger partial charge in [0.1, 0.15) is 5.75 Å². The van der Waals surface area contributed by atoms with Gasteiger partial charge in [0.25, 0.3) is 0 Å². The highest BCUT2D eigenvalue weighted by Gasteiger charge is 2.36. The van der Waals surface area contributed by atoms with Gasteiger partial charge in [-0.25, -0.2) is 0 Å². The third-order valence-electron chi connectivity index (χ3n) is 3.81. The molecule has 6 nitrogen and oxygen atoms in total. The molecule has 2 rings (SSSR count). The van der Waals surface area contributed by atoms with Gasteiger partial charge in [-0.05, 0) is 44.0 Å². The number of nitrogens with one attached hydrogen (secondary N) is 2. The third kappa shape index (κ3) is 5.41. The monoisotopic (exact) mass is 341 g/mol. The van der Waals surface area contributed by atoms with Crippen molar-refractivity contribution in [2.75, 3.05) is 18.5 Å². The van der Waals surface area contributed by atoms with Crippen LogP contribution in [0.3, 0.4) is 0 Å². The molecule has 0 saturated heterocycles. The first-order valence-corrected chi connectivity index (χ1v) is 7.63. The second kappa shape index (κ2) is 8.74. The number of halogens is 1. The number of carbonyl (C=O) groups excluding carboxylic acids is 2. The molecule has 1 aromatic rings. The van der Waals surface area contributed by atoms with Crippen LogP contribution in [-0.2, 0) is 9.59 Å². The zero-order valence-corrected chi connectivity index (χ0v) is 14.1. The van der Waals surface area contributed by atoms with E-state index in [2.05, 4.69) is 10.6 Å². The van der Waals surface area contributed by atoms with Crippen LogP contribution in [0.15, 0.2) is 24.3 Å². The van der Waals surface area contributed by atoms with Gasteiger partial charge in [0.05, 0.1) is 18.7 Å². The number of carbonyl (C=O) groups is 2. The largest absolute Gasteiger partial charge is 0.494 e. The number of rotatable bonds is 6. The fourth-order valence-electron chi connectivity index (χ4n) is 2.58. The Balaban J connectivity index is 0.00000264. The molecule has 1 fully saturated rings. The summed E-state index contributed by atoms with van der Waals surface area (Å²) in [4.78, 5) is 23.9. The first-order chi connectivity index (χ1) is 10.5. The van der Waals surface area contributed by atoms with Crippen LogP contribution in [-0.4, -0.2) is 30.5 Å². The number of hydrogen-bond acceptors (Lipinski definition) is 4. The molecule has 23 heavy (non-hydrogen) atoms. The summed E-state index contributed by atoms with van der Waals surface area (Å²) >= 11 is 0. The van der Waals surface area contributed by atoms with Gasteiger partial charge < -0.3 is 21.1 Å². The highest BCUT2D eigenvalue weighted by atomic mass is 35.5. The first kappa shape index (κ1) is 19.3. The van der Waals surface area contributed by atoms with E-state index < -0.39 is 5.54 Å². The van der Waals surface area contributed by atoms with Crippen molar-refractivity contribution in [1.29, 1.82) is 0 Å². The number of benzene rings is 1. The van der Waals surface area contributed by atoms with E-state index in [9.17, 15) is 9.59 Å². The molecule has 128 valence electrons. The maximum absolute atomic E-state index is 12.0. The Morgan fingerprint density at radius 2 is 1.83 bits per heavy atom. The minimum absolute atomic E-state index is 0. The Morgan fingerprint density at radius 1 is 1.22 bits per heavy atom. The normalized spacial score (nSPS) is 15.4. The highest BCUT2D eigenvalue weighted by Crippen LogP contribution is 2.27. The summed E-state index contributed by atoms with van der Waals surface area (Å²) in [7, 11) is 0. The highest BCUT2D eigenvalue weighted by molar-refractivity contribution is 5.96. The summed E-state index contributed by atoms with van der Waals surface area (Å²) in [6.07, 6.45) is 3.28. The van der Waals surface area contributed by atoms with Crippen molar-refractivity contribution in [3.63, 3.8) is 0 Å². The van der Waals surface area contributed by atoms with Crippen LogP contribution in [0.25, 0.3) is 0 Å². The van der Waals surface area contributed by atoms with E-state index in [-0.39, 0.29) is 30.8 Å². The summed E-state index contributed by atoms with van der Waals surface area (Å²) < 4.78 is 5.33. The van der Waals surface area contributed by atoms with E-state index in [4.69, 9.17) is 10.5 Å². The number of ether oxygens (including phenoxy) is 1. The Morgan fingerprint density at radius 3 is 2.39 bits per heavy atom. The molecule has 0 heterocycles. The van der Waals surface area contributed by atoms with Gasteiger partial charge in [-0.2, -0.15) is 0 Å². The van der Waals surface area contributed by atoms with E-state index in [1.807, 2.05) is 6.92 Å². The Hall–Kier alpha value is -1.79. The van der Waals surface area contributed by atoms with Crippen molar-refractivity contribution in [2.45, 2.75) is 38.1 Å². The molecule has 7 heteroatoms. The van der Waals surface area contributed by atoms with E-state index in [1.54, 1.807) is 24.3 Å². The quantitative estimate of drug-likeness (QED) is 0.736. The smallest absolute Gasteiger partial charge is 0.243 e. The van der Waals surface area contributed by atoms with Crippen LogP contribution in [0.1, 0.15) is 32.6 Å². The van der Waals surface area contributed by atoms with Crippen LogP contribution in [0, 0.1) is 0 Å². The lowest BCUT2D eigenvalue weighted by molar-refractivity contribution is -0.128. The van der Waals surface area contributed by atoms with Crippen LogP contribution >= 0.6 is 12.4 Å². The molecule has 1 aliphatic carbocycles. The predicted octanol–water partition coefficient (Wildman–Crippen LogP) is 1.83. The van der Waals surface area contributed by atoms with Crippen molar-refractivity contribution in [2.24, 2.45) is 5.73 Å². The van der Waals surface area contributed by atoms with Crippen molar-refractivity contribution >= 4 is 29.9 Å². The van der Waals surface area contributed by atoms with Gasteiger partial charge in [0.2, 0.25) is 11.8 Å². The van der Waals surface area contributed by atoms with E-state index in [0.717, 1.165) is 18.6 Å². The Bertz CT molecular complexity index is 528. The van der Waals surface area contributed by atoms with Crippen molar-refractivity contribution in [1.82, 2.24) is 5.32 Å². The zero-order valence-electron chi connectivity index (χ0n) is 13.3. The molecule has 4 N–H and O–H groups in total. The lowest BCUT2D eigenvalue weighted by atomic mass is 9.98. The summed E-state index contributed by atoms with van der Waals surface area (Å²) in [6.45, 7) is 2.43. The van der Waals surface area contributed by atoms with E-state index in [0.29, 0.717) is 25.1 Å². The number of amides is 2. The molecule has 0 aliphatic heterocycles. The molecule has 1 aromatic carbocycles. The number of nitrogens with two attached hydrogens (primary N) is 1. The van der Waals surface area contributed by atoms with Crippen LogP contribution in [0.5, 0.6) is 5.75 Å². The standard InChI is InChI=1S/C16H23N3O3.ClH/c1-2-22-13-7-5-12(6-8-13)19-14(20)11-18-15(21)16(17)9-3-4-10-16;/h5-8H,2-4,9-11,17H2,1H3,(H,18,21)(H,19,20);1H. The van der Waals surface area contributed by atoms with Gasteiger partial charge in [0, 0.05) is 5.69 Å². The molecular formula is C16H24ClN3O3. The predicted molar refractivity (Wildman–Crippen MR) is 91.9 cm³/mol. The second-order valence-electron chi connectivity index (χ2n) is 5.55. The molecule has 2 amide bonds. The fraction of sp³-hybridized carbons (Fsp3) is 0.500. The molecule has 0 unspecified atom stereocenters. The van der Waals surface area contributed by atoms with Gasteiger partial charge in [0.15, 0.2) is 0 Å². The molecule has 0 aromatic heterocycles. The Kier molecular flexibility index (Phi) is 7.32. The van der Waals surface area contributed by atoms with E-state index >= 15 is 0 Å². The molecule has 0 atom stereocenters. The summed E-state index contributed by atoms with van der Waals surface area (Å²) in [5.74, 6) is 0.228.